The Labute approximate surface area is 130 Å². The molecule has 116 valence electrons. The maximum Gasteiger partial charge on any atom is 0.314 e. The second-order valence-corrected chi connectivity index (χ2v) is 5.70. The summed E-state index contributed by atoms with van der Waals surface area (Å²) in [7, 11) is 0. The fourth-order valence-corrected chi connectivity index (χ4v) is 2.86. The van der Waals surface area contributed by atoms with Crippen LogP contribution in [0.15, 0.2) is 36.4 Å². The van der Waals surface area contributed by atoms with Crippen LogP contribution in [0, 0.1) is 29.0 Å². The lowest BCUT2D eigenvalue weighted by Crippen LogP contribution is -2.25. The third-order valence-electron chi connectivity index (χ3n) is 4.15. The van der Waals surface area contributed by atoms with Gasteiger partial charge in [0, 0.05) is 6.08 Å². The summed E-state index contributed by atoms with van der Waals surface area (Å²) in [5.41, 5.74) is 0. The Bertz CT molecular complexity index is 551. The molecule has 0 spiro atoms. The van der Waals surface area contributed by atoms with Gasteiger partial charge >= 0.3 is 5.97 Å². The molecule has 1 aromatic carbocycles. The van der Waals surface area contributed by atoms with Gasteiger partial charge in [-0.2, -0.15) is 5.26 Å². The van der Waals surface area contributed by atoms with E-state index in [9.17, 15) is 9.18 Å². The number of carbonyl (C=O) groups excluding carboxylic acids is 1. The molecule has 1 aliphatic rings. The van der Waals surface area contributed by atoms with Gasteiger partial charge < -0.3 is 4.74 Å². The van der Waals surface area contributed by atoms with Gasteiger partial charge in [-0.05, 0) is 68.7 Å². The molecular weight excluding hydrogens is 281 g/mol. The minimum Gasteiger partial charge on any atom is -0.426 e. The quantitative estimate of drug-likeness (QED) is 0.460. The van der Waals surface area contributed by atoms with E-state index in [2.05, 4.69) is 0 Å². The van der Waals surface area contributed by atoms with Crippen LogP contribution in [0.5, 0.6) is 5.75 Å². The van der Waals surface area contributed by atoms with E-state index >= 15 is 0 Å². The second kappa shape index (κ2) is 8.33. The van der Waals surface area contributed by atoms with E-state index in [1.807, 2.05) is 12.1 Å². The minimum absolute atomic E-state index is 0.0593. The van der Waals surface area contributed by atoms with Gasteiger partial charge in [0.25, 0.3) is 0 Å². The standard InChI is InChI=1S/C18H20FNO2/c19-16-9-11-17(12-10-16)22-18(21)15-7-5-14(6-8-15)4-2-1-3-13-20/h1,3,9-12,14-15H,2,4-8H2/b3-1+. The summed E-state index contributed by atoms with van der Waals surface area (Å²) in [6, 6.07) is 7.51. The van der Waals surface area contributed by atoms with E-state index in [1.54, 1.807) is 0 Å². The molecule has 4 heteroatoms. The molecular formula is C18H20FNO2. The summed E-state index contributed by atoms with van der Waals surface area (Å²) in [6.07, 6.45) is 9.12. The summed E-state index contributed by atoms with van der Waals surface area (Å²) < 4.78 is 18.1. The van der Waals surface area contributed by atoms with Crippen molar-refractivity contribution in [3.8, 4) is 11.8 Å². The predicted molar refractivity (Wildman–Crippen MR) is 81.5 cm³/mol. The van der Waals surface area contributed by atoms with E-state index in [0.29, 0.717) is 11.7 Å². The molecule has 0 bridgehead atoms. The first-order valence-corrected chi connectivity index (χ1v) is 7.71. The molecule has 1 aromatic rings. The fourth-order valence-electron chi connectivity index (χ4n) is 2.86. The zero-order chi connectivity index (χ0) is 15.8. The van der Waals surface area contributed by atoms with Crippen molar-refractivity contribution < 1.29 is 13.9 Å². The molecule has 22 heavy (non-hydrogen) atoms. The molecule has 0 saturated heterocycles. The van der Waals surface area contributed by atoms with Gasteiger partial charge in [0.2, 0.25) is 0 Å². The number of hydrogen-bond acceptors (Lipinski definition) is 3. The number of hydrogen-bond donors (Lipinski definition) is 0. The number of esters is 1. The maximum atomic E-state index is 12.8. The number of ether oxygens (including phenoxy) is 1. The Kier molecular flexibility index (Phi) is 6.14. The number of allylic oxidation sites excluding steroid dienone is 2. The van der Waals surface area contributed by atoms with Gasteiger partial charge in [0.1, 0.15) is 11.6 Å². The van der Waals surface area contributed by atoms with Gasteiger partial charge in [-0.25, -0.2) is 4.39 Å². The highest BCUT2D eigenvalue weighted by Crippen LogP contribution is 2.32. The van der Waals surface area contributed by atoms with E-state index in [-0.39, 0.29) is 17.7 Å². The molecule has 0 aromatic heterocycles. The molecule has 1 fully saturated rings. The Morgan fingerprint density at radius 2 is 1.95 bits per heavy atom. The van der Waals surface area contributed by atoms with Crippen LogP contribution in [0.25, 0.3) is 0 Å². The number of benzene rings is 1. The Morgan fingerprint density at radius 1 is 1.27 bits per heavy atom. The number of carbonyl (C=O) groups is 1. The van der Waals surface area contributed by atoms with Crippen LogP contribution in [-0.2, 0) is 4.79 Å². The fraction of sp³-hybridized carbons (Fsp3) is 0.444. The molecule has 0 unspecified atom stereocenters. The normalized spacial score (nSPS) is 21.5. The van der Waals surface area contributed by atoms with Crippen LogP contribution in [0.3, 0.4) is 0 Å². The van der Waals surface area contributed by atoms with E-state index in [1.165, 1.54) is 30.3 Å². The molecule has 2 rings (SSSR count). The lowest BCUT2D eigenvalue weighted by atomic mass is 9.80. The van der Waals surface area contributed by atoms with Crippen molar-refractivity contribution in [1.29, 1.82) is 5.26 Å². The van der Waals surface area contributed by atoms with Gasteiger partial charge in [0.05, 0.1) is 12.0 Å². The van der Waals surface area contributed by atoms with Crippen molar-refractivity contribution >= 4 is 5.97 Å². The SMILES string of the molecule is N#C/C=C/CCC1CCC(C(=O)Oc2ccc(F)cc2)CC1. The number of halogens is 1. The molecule has 0 heterocycles. The van der Waals surface area contributed by atoms with E-state index in [0.717, 1.165) is 38.5 Å². The second-order valence-electron chi connectivity index (χ2n) is 5.70. The van der Waals surface area contributed by atoms with Crippen molar-refractivity contribution in [2.45, 2.75) is 38.5 Å². The molecule has 0 N–H and O–H groups in total. The highest BCUT2D eigenvalue weighted by Gasteiger charge is 2.27. The average molecular weight is 301 g/mol. The molecule has 0 aliphatic heterocycles. The third kappa shape index (κ3) is 5.00. The highest BCUT2D eigenvalue weighted by molar-refractivity contribution is 5.75. The number of rotatable bonds is 5. The van der Waals surface area contributed by atoms with E-state index in [4.69, 9.17) is 10.00 Å². The maximum absolute atomic E-state index is 12.8. The Morgan fingerprint density at radius 3 is 2.59 bits per heavy atom. The van der Waals surface area contributed by atoms with Crippen molar-refractivity contribution in [3.63, 3.8) is 0 Å². The first kappa shape index (κ1) is 16.2. The van der Waals surface area contributed by atoms with Gasteiger partial charge in [-0.3, -0.25) is 4.79 Å². The highest BCUT2D eigenvalue weighted by atomic mass is 19.1. The average Bonchev–Trinajstić information content (AvgIpc) is 2.54. The van der Waals surface area contributed by atoms with E-state index < -0.39 is 0 Å². The summed E-state index contributed by atoms with van der Waals surface area (Å²) >= 11 is 0. The Hall–Kier alpha value is -2.15. The molecule has 0 atom stereocenters. The molecule has 1 saturated carbocycles. The largest absolute Gasteiger partial charge is 0.426 e. The molecule has 3 nitrogen and oxygen atoms in total. The third-order valence-corrected chi connectivity index (χ3v) is 4.15. The van der Waals surface area contributed by atoms with Crippen LogP contribution < -0.4 is 4.74 Å². The van der Waals surface area contributed by atoms with Crippen LogP contribution in [0.1, 0.15) is 38.5 Å². The first-order valence-electron chi connectivity index (χ1n) is 7.71. The van der Waals surface area contributed by atoms with Crippen molar-refractivity contribution in [2.24, 2.45) is 11.8 Å². The molecule has 0 radical (unpaired) electrons. The van der Waals surface area contributed by atoms with Crippen molar-refractivity contribution in [3.05, 3.63) is 42.2 Å². The topological polar surface area (TPSA) is 50.1 Å². The summed E-state index contributed by atoms with van der Waals surface area (Å²) in [5.74, 6) is 0.407. The lowest BCUT2D eigenvalue weighted by Gasteiger charge is -2.26. The van der Waals surface area contributed by atoms with Crippen LogP contribution in [0.4, 0.5) is 4.39 Å². The Balaban J connectivity index is 1.74. The van der Waals surface area contributed by atoms with Crippen LogP contribution >= 0.6 is 0 Å². The summed E-state index contributed by atoms with van der Waals surface area (Å²) in [6.45, 7) is 0. The zero-order valence-electron chi connectivity index (χ0n) is 12.5. The lowest BCUT2D eigenvalue weighted by molar-refractivity contribution is -0.140. The van der Waals surface area contributed by atoms with Crippen molar-refractivity contribution in [2.75, 3.05) is 0 Å². The summed E-state index contributed by atoms with van der Waals surface area (Å²) in [4.78, 5) is 12.1. The van der Waals surface area contributed by atoms with Gasteiger partial charge in [0.15, 0.2) is 0 Å². The summed E-state index contributed by atoms with van der Waals surface area (Å²) in [5, 5.41) is 8.43. The minimum atomic E-state index is -0.342. The monoisotopic (exact) mass is 301 g/mol. The first-order chi connectivity index (χ1) is 10.7. The smallest absolute Gasteiger partial charge is 0.314 e. The van der Waals surface area contributed by atoms with Gasteiger partial charge in [-0.1, -0.05) is 6.08 Å². The zero-order valence-corrected chi connectivity index (χ0v) is 12.5. The predicted octanol–water partition coefficient (Wildman–Crippen LogP) is 4.40. The number of nitrogens with zero attached hydrogens (tertiary/aromatic N) is 1. The number of nitriles is 1. The van der Waals surface area contributed by atoms with Gasteiger partial charge in [-0.15, -0.1) is 0 Å². The molecule has 1 aliphatic carbocycles. The van der Waals surface area contributed by atoms with Crippen molar-refractivity contribution in [1.82, 2.24) is 0 Å². The molecule has 0 amide bonds. The van der Waals surface area contributed by atoms with Crippen LogP contribution in [-0.4, -0.2) is 5.97 Å². The van der Waals surface area contributed by atoms with Crippen LogP contribution in [0.2, 0.25) is 0 Å².